The third-order valence-electron chi connectivity index (χ3n) is 3.05. The summed E-state index contributed by atoms with van der Waals surface area (Å²) in [6.07, 6.45) is 1.65. The van der Waals surface area contributed by atoms with Gasteiger partial charge in [0.1, 0.15) is 5.75 Å². The van der Waals surface area contributed by atoms with E-state index >= 15 is 0 Å². The summed E-state index contributed by atoms with van der Waals surface area (Å²) in [5, 5.41) is 19.6. The molecule has 2 heteroatoms. The molecule has 2 aromatic carbocycles. The van der Waals surface area contributed by atoms with Crippen LogP contribution >= 0.6 is 0 Å². The van der Waals surface area contributed by atoms with Gasteiger partial charge in [0, 0.05) is 0 Å². The number of phenols is 1. The number of aromatic hydroxyl groups is 1. The Balaban J connectivity index is 1.86. The Labute approximate surface area is 108 Å². The lowest BCUT2D eigenvalue weighted by Crippen LogP contribution is -2.11. The molecule has 0 aliphatic heterocycles. The molecular formula is C16H18O2. The standard InChI is InChI=1S/C16H18O2/c17-15(12-13-6-2-1-3-7-13)11-10-14-8-4-5-9-16(14)18/h1-9,15,17-18H,10-12H2. The molecule has 0 bridgehead atoms. The van der Waals surface area contributed by atoms with Gasteiger partial charge in [0.15, 0.2) is 0 Å². The lowest BCUT2D eigenvalue weighted by molar-refractivity contribution is 0.165. The smallest absolute Gasteiger partial charge is 0.118 e. The molecule has 94 valence electrons. The van der Waals surface area contributed by atoms with Gasteiger partial charge in [-0.2, -0.15) is 0 Å². The zero-order valence-electron chi connectivity index (χ0n) is 10.3. The lowest BCUT2D eigenvalue weighted by atomic mass is 10.0. The second-order valence-corrected chi connectivity index (χ2v) is 4.51. The molecule has 0 saturated heterocycles. The van der Waals surface area contributed by atoms with E-state index in [-0.39, 0.29) is 6.10 Å². The van der Waals surface area contributed by atoms with Crippen LogP contribution in [0.15, 0.2) is 54.6 Å². The Morgan fingerprint density at radius 2 is 1.56 bits per heavy atom. The van der Waals surface area contributed by atoms with Gasteiger partial charge in [0.05, 0.1) is 6.10 Å². The Hall–Kier alpha value is -1.80. The minimum atomic E-state index is -0.369. The summed E-state index contributed by atoms with van der Waals surface area (Å²) in [5.41, 5.74) is 2.03. The van der Waals surface area contributed by atoms with Gasteiger partial charge in [0.2, 0.25) is 0 Å². The van der Waals surface area contributed by atoms with E-state index in [1.807, 2.05) is 42.5 Å². The average Bonchev–Trinajstić information content (AvgIpc) is 2.39. The summed E-state index contributed by atoms with van der Waals surface area (Å²) in [5.74, 6) is 0.310. The average molecular weight is 242 g/mol. The highest BCUT2D eigenvalue weighted by atomic mass is 16.3. The fourth-order valence-corrected chi connectivity index (χ4v) is 2.03. The van der Waals surface area contributed by atoms with Crippen molar-refractivity contribution < 1.29 is 10.2 Å². The van der Waals surface area contributed by atoms with Gasteiger partial charge in [-0.05, 0) is 36.5 Å². The first-order valence-electron chi connectivity index (χ1n) is 6.24. The maximum Gasteiger partial charge on any atom is 0.118 e. The second kappa shape index (κ2) is 6.22. The highest BCUT2D eigenvalue weighted by Gasteiger charge is 2.07. The monoisotopic (exact) mass is 242 g/mol. The van der Waals surface area contributed by atoms with Crippen molar-refractivity contribution in [2.75, 3.05) is 0 Å². The molecule has 0 spiro atoms. The summed E-state index contributed by atoms with van der Waals surface area (Å²) >= 11 is 0. The van der Waals surface area contributed by atoms with Gasteiger partial charge >= 0.3 is 0 Å². The number of aryl methyl sites for hydroxylation is 1. The van der Waals surface area contributed by atoms with E-state index in [1.165, 1.54) is 0 Å². The molecular weight excluding hydrogens is 224 g/mol. The third kappa shape index (κ3) is 3.60. The lowest BCUT2D eigenvalue weighted by Gasteiger charge is -2.11. The topological polar surface area (TPSA) is 40.5 Å². The number of phenolic OH excluding ortho intramolecular Hbond substituents is 1. The first-order valence-corrected chi connectivity index (χ1v) is 6.24. The van der Waals surface area contributed by atoms with Crippen LogP contribution in [0.3, 0.4) is 0 Å². The Morgan fingerprint density at radius 3 is 2.28 bits per heavy atom. The largest absolute Gasteiger partial charge is 0.508 e. The van der Waals surface area contributed by atoms with Crippen molar-refractivity contribution in [1.29, 1.82) is 0 Å². The fourth-order valence-electron chi connectivity index (χ4n) is 2.03. The van der Waals surface area contributed by atoms with Crippen LogP contribution in [0.2, 0.25) is 0 Å². The van der Waals surface area contributed by atoms with E-state index in [1.54, 1.807) is 12.1 Å². The molecule has 0 aliphatic rings. The summed E-state index contributed by atoms with van der Waals surface area (Å²) in [6, 6.07) is 17.2. The third-order valence-corrected chi connectivity index (χ3v) is 3.05. The molecule has 0 amide bonds. The van der Waals surface area contributed by atoms with Crippen LogP contribution in [0.25, 0.3) is 0 Å². The molecule has 2 nitrogen and oxygen atoms in total. The fraction of sp³-hybridized carbons (Fsp3) is 0.250. The Kier molecular flexibility index (Phi) is 4.37. The van der Waals surface area contributed by atoms with Crippen LogP contribution in [0, 0.1) is 0 Å². The molecule has 0 aliphatic carbocycles. The first-order chi connectivity index (χ1) is 8.75. The van der Waals surface area contributed by atoms with E-state index in [0.29, 0.717) is 25.0 Å². The predicted molar refractivity (Wildman–Crippen MR) is 72.6 cm³/mol. The predicted octanol–water partition coefficient (Wildman–Crippen LogP) is 2.93. The summed E-state index contributed by atoms with van der Waals surface area (Å²) in [7, 11) is 0. The van der Waals surface area contributed by atoms with Crippen LogP contribution in [0.1, 0.15) is 17.5 Å². The summed E-state index contributed by atoms with van der Waals surface area (Å²) < 4.78 is 0. The number of para-hydroxylation sites is 1. The van der Waals surface area contributed by atoms with Crippen LogP contribution in [0.5, 0.6) is 5.75 Å². The van der Waals surface area contributed by atoms with E-state index in [9.17, 15) is 10.2 Å². The maximum absolute atomic E-state index is 9.97. The number of rotatable bonds is 5. The van der Waals surface area contributed by atoms with Crippen LogP contribution in [-0.2, 0) is 12.8 Å². The number of aliphatic hydroxyl groups is 1. The number of hydrogen-bond acceptors (Lipinski definition) is 2. The first kappa shape index (κ1) is 12.7. The number of aliphatic hydroxyl groups excluding tert-OH is 1. The molecule has 0 radical (unpaired) electrons. The molecule has 1 unspecified atom stereocenters. The van der Waals surface area contributed by atoms with Crippen molar-refractivity contribution in [1.82, 2.24) is 0 Å². The Bertz CT molecular complexity index is 479. The normalized spacial score (nSPS) is 12.3. The quantitative estimate of drug-likeness (QED) is 0.846. The molecule has 0 saturated carbocycles. The molecule has 2 N–H and O–H groups in total. The van der Waals surface area contributed by atoms with Gasteiger partial charge in [0.25, 0.3) is 0 Å². The maximum atomic E-state index is 9.97. The Morgan fingerprint density at radius 1 is 0.889 bits per heavy atom. The highest BCUT2D eigenvalue weighted by Crippen LogP contribution is 2.18. The molecule has 0 heterocycles. The molecule has 18 heavy (non-hydrogen) atoms. The molecule has 0 aromatic heterocycles. The summed E-state index contributed by atoms with van der Waals surface area (Å²) in [4.78, 5) is 0. The van der Waals surface area contributed by atoms with Crippen LogP contribution < -0.4 is 0 Å². The minimum Gasteiger partial charge on any atom is -0.508 e. The minimum absolute atomic E-state index is 0.310. The van der Waals surface area contributed by atoms with Gasteiger partial charge in [-0.1, -0.05) is 48.5 Å². The van der Waals surface area contributed by atoms with E-state index in [2.05, 4.69) is 0 Å². The van der Waals surface area contributed by atoms with Crippen molar-refractivity contribution in [3.05, 3.63) is 65.7 Å². The second-order valence-electron chi connectivity index (χ2n) is 4.51. The molecule has 2 aromatic rings. The van der Waals surface area contributed by atoms with Crippen molar-refractivity contribution in [2.24, 2.45) is 0 Å². The molecule has 2 rings (SSSR count). The zero-order valence-corrected chi connectivity index (χ0v) is 10.3. The van der Waals surface area contributed by atoms with Gasteiger partial charge in [-0.25, -0.2) is 0 Å². The van der Waals surface area contributed by atoms with E-state index < -0.39 is 0 Å². The van der Waals surface area contributed by atoms with Crippen molar-refractivity contribution in [2.45, 2.75) is 25.4 Å². The number of hydrogen-bond donors (Lipinski definition) is 2. The van der Waals surface area contributed by atoms with Gasteiger partial charge in [-0.3, -0.25) is 0 Å². The van der Waals surface area contributed by atoms with Crippen LogP contribution in [-0.4, -0.2) is 16.3 Å². The van der Waals surface area contributed by atoms with Crippen molar-refractivity contribution in [3.63, 3.8) is 0 Å². The zero-order chi connectivity index (χ0) is 12.8. The number of benzene rings is 2. The molecule has 1 atom stereocenters. The van der Waals surface area contributed by atoms with E-state index in [4.69, 9.17) is 0 Å². The van der Waals surface area contributed by atoms with Crippen LogP contribution in [0.4, 0.5) is 0 Å². The van der Waals surface area contributed by atoms with Crippen molar-refractivity contribution >= 4 is 0 Å². The van der Waals surface area contributed by atoms with Crippen molar-refractivity contribution in [3.8, 4) is 5.75 Å². The SMILES string of the molecule is Oc1ccccc1CCC(O)Cc1ccccc1. The van der Waals surface area contributed by atoms with Gasteiger partial charge in [-0.15, -0.1) is 0 Å². The van der Waals surface area contributed by atoms with Gasteiger partial charge < -0.3 is 10.2 Å². The highest BCUT2D eigenvalue weighted by molar-refractivity contribution is 5.31. The molecule has 0 fully saturated rings. The summed E-state index contributed by atoms with van der Waals surface area (Å²) in [6.45, 7) is 0. The van der Waals surface area contributed by atoms with E-state index in [0.717, 1.165) is 11.1 Å².